The standard InChI is InChI=1S/C14H27N/c1-3-11(2)9-12-5-4-6-13(12)10-15-14-7-8-14/h11-15H,3-10H2,1-2H3. The van der Waals surface area contributed by atoms with Crippen molar-refractivity contribution >= 4 is 0 Å². The Morgan fingerprint density at radius 2 is 1.87 bits per heavy atom. The average molecular weight is 209 g/mol. The lowest BCUT2D eigenvalue weighted by Gasteiger charge is -2.22. The van der Waals surface area contributed by atoms with Crippen LogP contribution >= 0.6 is 0 Å². The first kappa shape index (κ1) is 11.4. The van der Waals surface area contributed by atoms with Crippen LogP contribution in [0.3, 0.4) is 0 Å². The van der Waals surface area contributed by atoms with Crippen molar-refractivity contribution in [3.8, 4) is 0 Å². The van der Waals surface area contributed by atoms with Crippen molar-refractivity contribution in [3.05, 3.63) is 0 Å². The maximum absolute atomic E-state index is 3.72. The van der Waals surface area contributed by atoms with Crippen molar-refractivity contribution in [3.63, 3.8) is 0 Å². The first-order valence-corrected chi connectivity index (χ1v) is 7.03. The van der Waals surface area contributed by atoms with Gasteiger partial charge in [-0.25, -0.2) is 0 Å². The second kappa shape index (κ2) is 5.34. The molecule has 88 valence electrons. The summed E-state index contributed by atoms with van der Waals surface area (Å²) >= 11 is 0. The quantitative estimate of drug-likeness (QED) is 0.705. The maximum Gasteiger partial charge on any atom is 0.00683 e. The Bertz CT molecular complexity index is 186. The SMILES string of the molecule is CCC(C)CC1CCCC1CNC1CC1. The van der Waals surface area contributed by atoms with Gasteiger partial charge < -0.3 is 5.32 Å². The van der Waals surface area contributed by atoms with Gasteiger partial charge in [0.1, 0.15) is 0 Å². The molecule has 2 saturated carbocycles. The van der Waals surface area contributed by atoms with Crippen molar-refractivity contribution in [2.75, 3.05) is 6.54 Å². The van der Waals surface area contributed by atoms with E-state index in [4.69, 9.17) is 0 Å². The molecule has 1 heteroatoms. The van der Waals surface area contributed by atoms with Crippen LogP contribution in [0.1, 0.15) is 58.8 Å². The summed E-state index contributed by atoms with van der Waals surface area (Å²) in [5, 5.41) is 3.72. The fourth-order valence-electron chi connectivity index (χ4n) is 2.98. The van der Waals surface area contributed by atoms with Crippen molar-refractivity contribution in [1.29, 1.82) is 0 Å². The van der Waals surface area contributed by atoms with Crippen molar-refractivity contribution < 1.29 is 0 Å². The molecular formula is C14H27N. The van der Waals surface area contributed by atoms with Crippen molar-refractivity contribution in [2.24, 2.45) is 17.8 Å². The van der Waals surface area contributed by atoms with Gasteiger partial charge in [0.25, 0.3) is 0 Å². The topological polar surface area (TPSA) is 12.0 Å². The Labute approximate surface area is 95.0 Å². The minimum atomic E-state index is 0.898. The van der Waals surface area contributed by atoms with Gasteiger partial charge in [0.15, 0.2) is 0 Å². The zero-order valence-electron chi connectivity index (χ0n) is 10.5. The molecule has 15 heavy (non-hydrogen) atoms. The summed E-state index contributed by atoms with van der Waals surface area (Å²) in [6, 6.07) is 0.898. The number of rotatable bonds is 6. The van der Waals surface area contributed by atoms with Gasteiger partial charge in [0, 0.05) is 6.04 Å². The molecule has 2 fully saturated rings. The molecular weight excluding hydrogens is 182 g/mol. The molecule has 0 bridgehead atoms. The van der Waals surface area contributed by atoms with Crippen molar-refractivity contribution in [1.82, 2.24) is 5.32 Å². The van der Waals surface area contributed by atoms with E-state index in [1.165, 1.54) is 51.5 Å². The molecule has 0 aromatic carbocycles. The molecule has 1 nitrogen and oxygen atoms in total. The zero-order valence-corrected chi connectivity index (χ0v) is 10.5. The zero-order chi connectivity index (χ0) is 10.7. The summed E-state index contributed by atoms with van der Waals surface area (Å²) in [7, 11) is 0. The normalized spacial score (nSPS) is 33.2. The van der Waals surface area contributed by atoms with Crippen LogP contribution in [0.5, 0.6) is 0 Å². The Balaban J connectivity index is 1.70. The summed E-state index contributed by atoms with van der Waals surface area (Å²) in [6.07, 6.45) is 10.2. The van der Waals surface area contributed by atoms with Gasteiger partial charge in [0.2, 0.25) is 0 Å². The van der Waals surface area contributed by atoms with E-state index in [9.17, 15) is 0 Å². The van der Waals surface area contributed by atoms with Crippen LogP contribution in [0.15, 0.2) is 0 Å². The monoisotopic (exact) mass is 209 g/mol. The first-order valence-electron chi connectivity index (χ1n) is 7.03. The number of hydrogen-bond acceptors (Lipinski definition) is 1. The van der Waals surface area contributed by atoms with E-state index < -0.39 is 0 Å². The van der Waals surface area contributed by atoms with Crippen LogP contribution in [0.4, 0.5) is 0 Å². The summed E-state index contributed by atoms with van der Waals surface area (Å²) < 4.78 is 0. The van der Waals surface area contributed by atoms with E-state index in [0.29, 0.717) is 0 Å². The molecule has 1 N–H and O–H groups in total. The van der Waals surface area contributed by atoms with E-state index in [2.05, 4.69) is 19.2 Å². The Kier molecular flexibility index (Phi) is 4.07. The van der Waals surface area contributed by atoms with Gasteiger partial charge in [-0.2, -0.15) is 0 Å². The summed E-state index contributed by atoms with van der Waals surface area (Å²) in [4.78, 5) is 0. The molecule has 0 amide bonds. The van der Waals surface area contributed by atoms with E-state index in [1.807, 2.05) is 0 Å². The first-order chi connectivity index (χ1) is 7.29. The Morgan fingerprint density at radius 3 is 2.53 bits per heavy atom. The van der Waals surface area contributed by atoms with Gasteiger partial charge in [-0.1, -0.05) is 33.1 Å². The van der Waals surface area contributed by atoms with E-state index >= 15 is 0 Å². The highest BCUT2D eigenvalue weighted by Gasteiger charge is 2.29. The predicted octanol–water partition coefficient (Wildman–Crippen LogP) is 3.59. The molecule has 0 aromatic heterocycles. The van der Waals surface area contributed by atoms with Gasteiger partial charge in [-0.3, -0.25) is 0 Å². The van der Waals surface area contributed by atoms with Gasteiger partial charge in [0.05, 0.1) is 0 Å². The third-order valence-corrected chi connectivity index (χ3v) is 4.46. The molecule has 2 rings (SSSR count). The molecule has 0 heterocycles. The Morgan fingerprint density at radius 1 is 1.13 bits per heavy atom. The van der Waals surface area contributed by atoms with E-state index in [0.717, 1.165) is 23.8 Å². The van der Waals surface area contributed by atoms with E-state index in [-0.39, 0.29) is 0 Å². The summed E-state index contributed by atoms with van der Waals surface area (Å²) in [6.45, 7) is 6.06. The number of nitrogens with one attached hydrogen (secondary N) is 1. The smallest absolute Gasteiger partial charge is 0.00683 e. The van der Waals surface area contributed by atoms with Crippen LogP contribution in [-0.4, -0.2) is 12.6 Å². The highest BCUT2D eigenvalue weighted by atomic mass is 14.9. The molecule has 3 atom stereocenters. The minimum Gasteiger partial charge on any atom is -0.314 e. The summed E-state index contributed by atoms with van der Waals surface area (Å²) in [5.74, 6) is 2.97. The number of hydrogen-bond donors (Lipinski definition) is 1. The molecule has 2 aliphatic carbocycles. The lowest BCUT2D eigenvalue weighted by atomic mass is 9.86. The maximum atomic E-state index is 3.72. The van der Waals surface area contributed by atoms with Crippen LogP contribution in [0, 0.1) is 17.8 Å². The van der Waals surface area contributed by atoms with Crippen LogP contribution in [0.25, 0.3) is 0 Å². The van der Waals surface area contributed by atoms with Gasteiger partial charge >= 0.3 is 0 Å². The van der Waals surface area contributed by atoms with E-state index in [1.54, 1.807) is 0 Å². The molecule has 2 aliphatic rings. The third-order valence-electron chi connectivity index (χ3n) is 4.46. The lowest BCUT2D eigenvalue weighted by Crippen LogP contribution is -2.27. The fraction of sp³-hybridized carbons (Fsp3) is 1.00. The predicted molar refractivity (Wildman–Crippen MR) is 65.9 cm³/mol. The second-order valence-corrected chi connectivity index (χ2v) is 5.88. The molecule has 0 aliphatic heterocycles. The molecule has 0 spiro atoms. The van der Waals surface area contributed by atoms with Gasteiger partial charge in [-0.05, 0) is 50.0 Å². The lowest BCUT2D eigenvalue weighted by molar-refractivity contribution is 0.299. The molecule has 0 saturated heterocycles. The summed E-state index contributed by atoms with van der Waals surface area (Å²) in [5.41, 5.74) is 0. The van der Waals surface area contributed by atoms with Gasteiger partial charge in [-0.15, -0.1) is 0 Å². The van der Waals surface area contributed by atoms with Crippen LogP contribution in [-0.2, 0) is 0 Å². The molecule has 0 aromatic rings. The Hall–Kier alpha value is -0.0400. The molecule has 3 unspecified atom stereocenters. The van der Waals surface area contributed by atoms with Crippen LogP contribution < -0.4 is 5.32 Å². The third kappa shape index (κ3) is 3.48. The highest BCUT2D eigenvalue weighted by molar-refractivity contribution is 4.85. The second-order valence-electron chi connectivity index (χ2n) is 5.88. The average Bonchev–Trinajstić information content (AvgIpc) is 2.97. The molecule has 0 radical (unpaired) electrons. The largest absolute Gasteiger partial charge is 0.314 e. The van der Waals surface area contributed by atoms with Crippen LogP contribution in [0.2, 0.25) is 0 Å². The van der Waals surface area contributed by atoms with Crippen molar-refractivity contribution in [2.45, 2.75) is 64.8 Å². The minimum absolute atomic E-state index is 0.898. The highest BCUT2D eigenvalue weighted by Crippen LogP contribution is 2.36. The fourth-order valence-corrected chi connectivity index (χ4v) is 2.98.